The fourth-order valence-corrected chi connectivity index (χ4v) is 3.23. The van der Waals surface area contributed by atoms with Crippen LogP contribution in [-0.2, 0) is 4.74 Å². The summed E-state index contributed by atoms with van der Waals surface area (Å²) in [4.78, 5) is 32.4. The summed E-state index contributed by atoms with van der Waals surface area (Å²) in [6.45, 7) is 0. The highest BCUT2D eigenvalue weighted by molar-refractivity contribution is 6.03. The number of amides is 1. The minimum Gasteiger partial charge on any atom is -0.465 e. The van der Waals surface area contributed by atoms with Crippen molar-refractivity contribution in [2.24, 2.45) is 0 Å². The SMILES string of the molecule is COC(=O)c1cccc(NC(=O)c2cc(NC3CCCCCC3)ncn2)c1. The van der Waals surface area contributed by atoms with Crippen molar-refractivity contribution >= 4 is 23.4 Å². The Kier molecular flexibility index (Phi) is 6.35. The Hall–Kier alpha value is -2.96. The van der Waals surface area contributed by atoms with Gasteiger partial charge in [0.2, 0.25) is 0 Å². The van der Waals surface area contributed by atoms with Crippen LogP contribution in [0.1, 0.15) is 59.4 Å². The molecule has 0 spiro atoms. The fraction of sp³-hybridized carbons (Fsp3) is 0.400. The van der Waals surface area contributed by atoms with Gasteiger partial charge in [-0.2, -0.15) is 0 Å². The van der Waals surface area contributed by atoms with Gasteiger partial charge < -0.3 is 15.4 Å². The summed E-state index contributed by atoms with van der Waals surface area (Å²) in [6, 6.07) is 8.62. The molecule has 1 heterocycles. The second-order valence-corrected chi connectivity index (χ2v) is 6.65. The summed E-state index contributed by atoms with van der Waals surface area (Å²) in [7, 11) is 1.32. The molecule has 7 nitrogen and oxygen atoms in total. The van der Waals surface area contributed by atoms with Gasteiger partial charge in [-0.3, -0.25) is 4.79 Å². The van der Waals surface area contributed by atoms with Gasteiger partial charge in [-0.05, 0) is 31.0 Å². The third-order valence-corrected chi connectivity index (χ3v) is 4.65. The van der Waals surface area contributed by atoms with E-state index in [4.69, 9.17) is 4.74 Å². The number of anilines is 2. The number of benzene rings is 1. The molecule has 1 amide bonds. The van der Waals surface area contributed by atoms with E-state index in [1.165, 1.54) is 39.1 Å². The second kappa shape index (κ2) is 9.12. The lowest BCUT2D eigenvalue weighted by atomic mass is 10.1. The van der Waals surface area contributed by atoms with Gasteiger partial charge in [0, 0.05) is 17.8 Å². The smallest absolute Gasteiger partial charge is 0.337 e. The Morgan fingerprint density at radius 2 is 1.85 bits per heavy atom. The second-order valence-electron chi connectivity index (χ2n) is 6.65. The number of aromatic nitrogens is 2. The number of hydrogen-bond donors (Lipinski definition) is 2. The lowest BCUT2D eigenvalue weighted by Crippen LogP contribution is -2.20. The Balaban J connectivity index is 1.67. The average Bonchev–Trinajstić information content (AvgIpc) is 2.96. The molecule has 1 fully saturated rings. The van der Waals surface area contributed by atoms with E-state index in [2.05, 4.69) is 20.6 Å². The maximum Gasteiger partial charge on any atom is 0.337 e. The van der Waals surface area contributed by atoms with Crippen LogP contribution in [0.2, 0.25) is 0 Å². The molecule has 0 atom stereocenters. The maximum atomic E-state index is 12.5. The van der Waals surface area contributed by atoms with E-state index in [1.807, 2.05) is 0 Å². The number of esters is 1. The highest BCUT2D eigenvalue weighted by Crippen LogP contribution is 2.20. The van der Waals surface area contributed by atoms with Crippen LogP contribution in [0.15, 0.2) is 36.7 Å². The Labute approximate surface area is 158 Å². The molecule has 142 valence electrons. The van der Waals surface area contributed by atoms with Crippen molar-refractivity contribution in [3.8, 4) is 0 Å². The highest BCUT2D eigenvalue weighted by Gasteiger charge is 2.15. The molecule has 0 bridgehead atoms. The van der Waals surface area contributed by atoms with Gasteiger partial charge in [-0.15, -0.1) is 0 Å². The van der Waals surface area contributed by atoms with Crippen LogP contribution < -0.4 is 10.6 Å². The standard InChI is InChI=1S/C20H24N4O3/c1-27-20(26)14-7-6-10-16(11-14)24-19(25)17-12-18(22-13-21-17)23-15-8-4-2-3-5-9-15/h6-7,10-13,15H,2-5,8-9H2,1H3,(H,24,25)(H,21,22,23). The van der Waals surface area contributed by atoms with E-state index in [0.29, 0.717) is 23.1 Å². The van der Waals surface area contributed by atoms with Crippen LogP contribution in [0.4, 0.5) is 11.5 Å². The molecule has 1 aliphatic carbocycles. The molecule has 27 heavy (non-hydrogen) atoms. The summed E-state index contributed by atoms with van der Waals surface area (Å²) in [5, 5.41) is 6.17. The molecule has 2 N–H and O–H groups in total. The van der Waals surface area contributed by atoms with Crippen LogP contribution in [0.5, 0.6) is 0 Å². The fourth-order valence-electron chi connectivity index (χ4n) is 3.23. The molecule has 0 saturated heterocycles. The van der Waals surface area contributed by atoms with Crippen molar-refractivity contribution < 1.29 is 14.3 Å². The number of carbonyl (C=O) groups is 2. The van der Waals surface area contributed by atoms with Crippen LogP contribution in [-0.4, -0.2) is 35.0 Å². The van der Waals surface area contributed by atoms with Crippen LogP contribution in [0.25, 0.3) is 0 Å². The molecule has 2 aromatic rings. The number of nitrogens with zero attached hydrogens (tertiary/aromatic N) is 2. The molecule has 1 aromatic carbocycles. The van der Waals surface area contributed by atoms with Crippen LogP contribution in [0.3, 0.4) is 0 Å². The van der Waals surface area contributed by atoms with Crippen molar-refractivity contribution in [2.75, 3.05) is 17.7 Å². The predicted octanol–water partition coefficient (Wildman–Crippen LogP) is 3.65. The van der Waals surface area contributed by atoms with Crippen molar-refractivity contribution in [3.63, 3.8) is 0 Å². The number of ether oxygens (including phenoxy) is 1. The minimum absolute atomic E-state index is 0.268. The summed E-state index contributed by atoms with van der Waals surface area (Å²) in [6.07, 6.45) is 8.61. The number of nitrogens with one attached hydrogen (secondary N) is 2. The zero-order chi connectivity index (χ0) is 19.1. The van der Waals surface area contributed by atoms with Crippen molar-refractivity contribution in [3.05, 3.63) is 47.9 Å². The Bertz CT molecular complexity index is 801. The monoisotopic (exact) mass is 368 g/mol. The minimum atomic E-state index is -0.456. The molecule has 0 aliphatic heterocycles. The predicted molar refractivity (Wildman–Crippen MR) is 103 cm³/mol. The van der Waals surface area contributed by atoms with E-state index in [9.17, 15) is 9.59 Å². The number of carbonyl (C=O) groups excluding carboxylic acids is 2. The molecular formula is C20H24N4O3. The van der Waals surface area contributed by atoms with E-state index < -0.39 is 5.97 Å². The van der Waals surface area contributed by atoms with Crippen molar-refractivity contribution in [1.82, 2.24) is 9.97 Å². The third-order valence-electron chi connectivity index (χ3n) is 4.65. The van der Waals surface area contributed by atoms with E-state index in [0.717, 1.165) is 12.8 Å². The van der Waals surface area contributed by atoms with Crippen molar-refractivity contribution in [1.29, 1.82) is 0 Å². The van der Waals surface area contributed by atoms with E-state index >= 15 is 0 Å². The third kappa shape index (κ3) is 5.26. The van der Waals surface area contributed by atoms with Gasteiger partial charge in [0.25, 0.3) is 5.91 Å². The quantitative estimate of drug-likeness (QED) is 0.618. The van der Waals surface area contributed by atoms with Crippen molar-refractivity contribution in [2.45, 2.75) is 44.6 Å². The zero-order valence-corrected chi connectivity index (χ0v) is 15.4. The van der Waals surface area contributed by atoms with Gasteiger partial charge in [-0.1, -0.05) is 31.7 Å². The van der Waals surface area contributed by atoms with Gasteiger partial charge in [0.15, 0.2) is 0 Å². The van der Waals surface area contributed by atoms with Crippen LogP contribution >= 0.6 is 0 Å². The normalized spacial score (nSPS) is 14.9. The first-order valence-electron chi connectivity index (χ1n) is 9.24. The first-order valence-corrected chi connectivity index (χ1v) is 9.24. The molecule has 3 rings (SSSR count). The maximum absolute atomic E-state index is 12.5. The first kappa shape index (κ1) is 18.8. The highest BCUT2D eigenvalue weighted by atomic mass is 16.5. The van der Waals surface area contributed by atoms with E-state index in [-0.39, 0.29) is 11.6 Å². The van der Waals surface area contributed by atoms with E-state index in [1.54, 1.807) is 30.3 Å². The van der Waals surface area contributed by atoms with Gasteiger partial charge >= 0.3 is 5.97 Å². The molecule has 1 aliphatic rings. The summed E-state index contributed by atoms with van der Waals surface area (Å²) < 4.78 is 4.70. The lowest BCUT2D eigenvalue weighted by Gasteiger charge is -2.17. The Morgan fingerprint density at radius 1 is 1.07 bits per heavy atom. The van der Waals surface area contributed by atoms with Gasteiger partial charge in [0.05, 0.1) is 12.7 Å². The topological polar surface area (TPSA) is 93.2 Å². The molecule has 0 unspecified atom stereocenters. The average molecular weight is 368 g/mol. The number of rotatable bonds is 5. The first-order chi connectivity index (χ1) is 13.2. The number of hydrogen-bond acceptors (Lipinski definition) is 6. The molecule has 7 heteroatoms. The lowest BCUT2D eigenvalue weighted by molar-refractivity contribution is 0.0600. The molecule has 1 aromatic heterocycles. The molecule has 0 radical (unpaired) electrons. The zero-order valence-electron chi connectivity index (χ0n) is 15.4. The summed E-state index contributed by atoms with van der Waals surface area (Å²) in [5.41, 5.74) is 1.14. The largest absolute Gasteiger partial charge is 0.465 e. The van der Waals surface area contributed by atoms with Gasteiger partial charge in [0.1, 0.15) is 17.8 Å². The molecule has 1 saturated carbocycles. The summed E-state index contributed by atoms with van der Waals surface area (Å²) >= 11 is 0. The Morgan fingerprint density at radius 3 is 2.59 bits per heavy atom. The molecular weight excluding hydrogens is 344 g/mol. The summed E-state index contributed by atoms with van der Waals surface area (Å²) in [5.74, 6) is -0.156. The van der Waals surface area contributed by atoms with Crippen LogP contribution in [0, 0.1) is 0 Å². The number of methoxy groups -OCH3 is 1. The van der Waals surface area contributed by atoms with Gasteiger partial charge in [-0.25, -0.2) is 14.8 Å².